The molecular weight excluding hydrogens is 368 g/mol. The van der Waals surface area contributed by atoms with E-state index in [0.29, 0.717) is 0 Å². The van der Waals surface area contributed by atoms with Crippen molar-refractivity contribution in [1.82, 2.24) is 5.01 Å². The van der Waals surface area contributed by atoms with Gasteiger partial charge in [-0.2, -0.15) is 5.10 Å². The van der Waals surface area contributed by atoms with Crippen LogP contribution >= 0.6 is 11.8 Å². The van der Waals surface area contributed by atoms with E-state index >= 15 is 0 Å². The number of rotatable bonds is 3. The molecule has 0 unspecified atom stereocenters. The van der Waals surface area contributed by atoms with Crippen LogP contribution in [0.5, 0.6) is 0 Å². The Morgan fingerprint density at radius 1 is 1.07 bits per heavy atom. The van der Waals surface area contributed by atoms with Crippen molar-refractivity contribution in [2.75, 3.05) is 11.1 Å². The molecule has 3 aromatic carbocycles. The van der Waals surface area contributed by atoms with Crippen LogP contribution in [-0.2, 0) is 4.79 Å². The lowest BCUT2D eigenvalue weighted by Gasteiger charge is -2.29. The summed E-state index contributed by atoms with van der Waals surface area (Å²) in [6.07, 6.45) is 2.78. The topological polar surface area (TPSA) is 57.1 Å². The fourth-order valence-electron chi connectivity index (χ4n) is 3.57. The van der Waals surface area contributed by atoms with Gasteiger partial charge in [-0.05, 0) is 29.0 Å². The number of benzene rings is 3. The molecule has 6 heteroatoms. The van der Waals surface area contributed by atoms with E-state index in [-0.39, 0.29) is 17.7 Å². The van der Waals surface area contributed by atoms with E-state index in [1.807, 2.05) is 65.8 Å². The number of aliphatic imine (C=N–C) groups is 1. The largest absolute Gasteiger partial charge is 0.325 e. The Balaban J connectivity index is 1.29. The number of nitrogens with zero attached hydrogens (tertiary/aromatic N) is 3. The summed E-state index contributed by atoms with van der Waals surface area (Å²) in [4.78, 5) is 17.2. The zero-order chi connectivity index (χ0) is 18.9. The zero-order valence-corrected chi connectivity index (χ0v) is 15.9. The molecule has 138 valence electrons. The first-order valence-corrected chi connectivity index (χ1v) is 10.2. The predicted molar refractivity (Wildman–Crippen MR) is 116 cm³/mol. The van der Waals surface area contributed by atoms with Crippen LogP contribution in [0, 0.1) is 0 Å². The average Bonchev–Trinajstić information content (AvgIpc) is 3.22. The minimum Gasteiger partial charge on any atom is -0.325 e. The summed E-state index contributed by atoms with van der Waals surface area (Å²) in [6.45, 7) is 0. The molecule has 0 aliphatic carbocycles. The third-order valence-corrected chi connectivity index (χ3v) is 5.85. The van der Waals surface area contributed by atoms with Crippen LogP contribution in [-0.4, -0.2) is 28.1 Å². The molecule has 2 aliphatic rings. The molecule has 0 saturated carbocycles. The van der Waals surface area contributed by atoms with Crippen LogP contribution in [0.4, 0.5) is 11.4 Å². The highest BCUT2D eigenvalue weighted by molar-refractivity contribution is 8.14. The summed E-state index contributed by atoms with van der Waals surface area (Å²) < 4.78 is 0. The Morgan fingerprint density at radius 3 is 2.82 bits per heavy atom. The molecule has 0 radical (unpaired) electrons. The lowest BCUT2D eigenvalue weighted by molar-refractivity contribution is -0.113. The third-order valence-electron chi connectivity index (χ3n) is 4.90. The first-order valence-electron chi connectivity index (χ1n) is 9.19. The summed E-state index contributed by atoms with van der Waals surface area (Å²) in [6, 6.07) is 22.4. The van der Waals surface area contributed by atoms with Crippen LogP contribution in [0.15, 0.2) is 76.8 Å². The molecule has 0 spiro atoms. The van der Waals surface area contributed by atoms with Gasteiger partial charge in [0.15, 0.2) is 5.17 Å². The van der Waals surface area contributed by atoms with Crippen molar-refractivity contribution in [2.24, 2.45) is 10.1 Å². The number of carbonyl (C=O) groups is 1. The number of fused-ring (bicyclic) bond motifs is 4. The molecule has 1 N–H and O–H groups in total. The number of nitrogens with one attached hydrogen (secondary N) is 1. The summed E-state index contributed by atoms with van der Waals surface area (Å²) in [5.74, 6) is 0.230. The fourth-order valence-corrected chi connectivity index (χ4v) is 4.38. The molecule has 28 heavy (non-hydrogen) atoms. The highest BCUT2D eigenvalue weighted by atomic mass is 32.2. The van der Waals surface area contributed by atoms with Crippen LogP contribution in [0.25, 0.3) is 10.8 Å². The number of hydrazone groups is 1. The normalized spacial score (nSPS) is 17.2. The number of hydrogen-bond acceptors (Lipinski definition) is 5. The summed E-state index contributed by atoms with van der Waals surface area (Å²) in [5.41, 5.74) is 2.95. The van der Waals surface area contributed by atoms with Gasteiger partial charge in [0.25, 0.3) is 0 Å². The minimum atomic E-state index is -0.0541. The monoisotopic (exact) mass is 386 g/mol. The first kappa shape index (κ1) is 17.0. The van der Waals surface area contributed by atoms with Gasteiger partial charge < -0.3 is 5.32 Å². The van der Waals surface area contributed by atoms with Crippen molar-refractivity contribution >= 4 is 51.2 Å². The van der Waals surface area contributed by atoms with Gasteiger partial charge in [0, 0.05) is 23.9 Å². The molecule has 0 fully saturated rings. The highest BCUT2D eigenvalue weighted by Crippen LogP contribution is 2.40. The number of hydrogen-bond donors (Lipinski definition) is 1. The Hall–Kier alpha value is -3.12. The van der Waals surface area contributed by atoms with E-state index in [4.69, 9.17) is 4.99 Å². The molecule has 3 aromatic rings. The number of amidine groups is 1. The standard InChI is InChI=1S/C22H18N4OS/c27-21(24-17-10-9-15-5-1-2-6-16(15)13-17)14-28-22-25-19-8-4-3-7-18(19)20-11-12-23-26(20)22/h1-10,12-13,20H,11,14H2,(H,24,27)/t20-/m0/s1. The lowest BCUT2D eigenvalue weighted by Crippen LogP contribution is -2.29. The molecule has 1 atom stereocenters. The van der Waals surface area contributed by atoms with Gasteiger partial charge in [-0.1, -0.05) is 60.3 Å². The number of anilines is 1. The maximum atomic E-state index is 12.5. The van der Waals surface area contributed by atoms with Gasteiger partial charge in [0.05, 0.1) is 17.5 Å². The summed E-state index contributed by atoms with van der Waals surface area (Å²) in [5, 5.41) is 12.4. The molecule has 0 aromatic heterocycles. The van der Waals surface area contributed by atoms with Crippen LogP contribution < -0.4 is 5.32 Å². The van der Waals surface area contributed by atoms with E-state index < -0.39 is 0 Å². The second-order valence-electron chi connectivity index (χ2n) is 6.75. The quantitative estimate of drug-likeness (QED) is 0.693. The molecule has 5 rings (SSSR count). The number of para-hydroxylation sites is 1. The summed E-state index contributed by atoms with van der Waals surface area (Å²) in [7, 11) is 0. The van der Waals surface area contributed by atoms with Crippen molar-refractivity contribution in [1.29, 1.82) is 0 Å². The van der Waals surface area contributed by atoms with Crippen LogP contribution in [0.3, 0.4) is 0 Å². The molecule has 0 bridgehead atoms. The van der Waals surface area contributed by atoms with Crippen LogP contribution in [0.1, 0.15) is 18.0 Å². The van der Waals surface area contributed by atoms with Gasteiger partial charge in [-0.25, -0.2) is 10.0 Å². The third kappa shape index (κ3) is 3.16. The van der Waals surface area contributed by atoms with E-state index in [1.165, 1.54) is 17.3 Å². The van der Waals surface area contributed by atoms with Crippen molar-refractivity contribution < 1.29 is 4.79 Å². The molecule has 2 heterocycles. The number of thioether (sulfide) groups is 1. The van der Waals surface area contributed by atoms with Gasteiger partial charge in [0.1, 0.15) is 0 Å². The van der Waals surface area contributed by atoms with Gasteiger partial charge in [-0.15, -0.1) is 0 Å². The van der Waals surface area contributed by atoms with Crippen LogP contribution in [0.2, 0.25) is 0 Å². The Morgan fingerprint density at radius 2 is 1.89 bits per heavy atom. The molecule has 0 saturated heterocycles. The first-order chi connectivity index (χ1) is 13.8. The minimum absolute atomic E-state index is 0.0541. The van der Waals surface area contributed by atoms with Gasteiger partial charge in [0.2, 0.25) is 5.91 Å². The zero-order valence-electron chi connectivity index (χ0n) is 15.1. The molecule has 2 aliphatic heterocycles. The highest BCUT2D eigenvalue weighted by Gasteiger charge is 2.32. The number of carbonyl (C=O) groups excluding carboxylic acids is 1. The van der Waals surface area contributed by atoms with E-state index in [9.17, 15) is 4.79 Å². The van der Waals surface area contributed by atoms with E-state index in [2.05, 4.69) is 22.6 Å². The smallest absolute Gasteiger partial charge is 0.234 e. The van der Waals surface area contributed by atoms with Gasteiger partial charge >= 0.3 is 0 Å². The fraction of sp³-hybridized carbons (Fsp3) is 0.136. The SMILES string of the molecule is O=C(CSC1=Nc2ccccc2[C@@H]2CC=NN12)Nc1ccc2ccccc2c1. The van der Waals surface area contributed by atoms with Crippen molar-refractivity contribution in [3.05, 3.63) is 72.3 Å². The second-order valence-corrected chi connectivity index (χ2v) is 7.69. The molecular formula is C22H18N4OS. The van der Waals surface area contributed by atoms with Crippen molar-refractivity contribution in [2.45, 2.75) is 12.5 Å². The van der Waals surface area contributed by atoms with Crippen molar-refractivity contribution in [3.63, 3.8) is 0 Å². The Bertz CT molecular complexity index is 1120. The predicted octanol–water partition coefficient (Wildman–Crippen LogP) is 4.95. The van der Waals surface area contributed by atoms with Crippen molar-refractivity contribution in [3.8, 4) is 0 Å². The van der Waals surface area contributed by atoms with E-state index in [0.717, 1.165) is 33.7 Å². The lowest BCUT2D eigenvalue weighted by atomic mass is 10.0. The Labute approximate surface area is 167 Å². The average molecular weight is 386 g/mol. The van der Waals surface area contributed by atoms with Gasteiger partial charge in [-0.3, -0.25) is 4.79 Å². The maximum Gasteiger partial charge on any atom is 0.234 e. The summed E-state index contributed by atoms with van der Waals surface area (Å²) >= 11 is 1.42. The molecule has 1 amide bonds. The Kier molecular flexibility index (Phi) is 4.33. The van der Waals surface area contributed by atoms with E-state index in [1.54, 1.807) is 0 Å². The molecule has 5 nitrogen and oxygen atoms in total. The second kappa shape index (κ2) is 7.13. The number of amides is 1. The maximum absolute atomic E-state index is 12.5.